The molecule has 0 aliphatic heterocycles. The zero-order valence-electron chi connectivity index (χ0n) is 10.3. The summed E-state index contributed by atoms with van der Waals surface area (Å²) in [6.45, 7) is 2.72. The van der Waals surface area contributed by atoms with Crippen molar-refractivity contribution in [2.75, 3.05) is 11.9 Å². The number of hydrogen-bond acceptors (Lipinski definition) is 3. The van der Waals surface area contributed by atoms with Gasteiger partial charge in [-0.05, 0) is 41.1 Å². The molecule has 0 saturated carbocycles. The molecule has 1 aromatic heterocycles. The first-order valence-electron chi connectivity index (χ1n) is 5.79. The molecule has 6 heteroatoms. The van der Waals surface area contributed by atoms with E-state index in [2.05, 4.69) is 37.9 Å². The summed E-state index contributed by atoms with van der Waals surface area (Å²) in [6, 6.07) is 3.52. The minimum absolute atomic E-state index is 0.238. The molecule has 1 N–H and O–H groups in total. The highest BCUT2D eigenvalue weighted by atomic mass is 127. The zero-order chi connectivity index (χ0) is 13.8. The molecule has 0 atom stereocenters. The molecule has 0 fully saturated rings. The van der Waals surface area contributed by atoms with Gasteiger partial charge in [0.15, 0.2) is 0 Å². The molecular weight excluding hydrogens is 363 g/mol. The van der Waals surface area contributed by atoms with E-state index in [0.717, 1.165) is 22.0 Å². The number of anilines is 1. The summed E-state index contributed by atoms with van der Waals surface area (Å²) in [5, 5.41) is 3.11. The van der Waals surface area contributed by atoms with Crippen LogP contribution in [0.2, 0.25) is 0 Å². The van der Waals surface area contributed by atoms with Gasteiger partial charge in [0, 0.05) is 25.2 Å². The van der Waals surface area contributed by atoms with Crippen LogP contribution < -0.4 is 5.32 Å². The molecule has 0 aliphatic rings. The second-order valence-corrected chi connectivity index (χ2v) is 5.09. The molecule has 100 valence electrons. The molecule has 0 unspecified atom stereocenters. The Morgan fingerprint density at radius 3 is 2.79 bits per heavy atom. The van der Waals surface area contributed by atoms with Crippen LogP contribution in [0.1, 0.15) is 18.3 Å². The maximum atomic E-state index is 13.6. The predicted molar refractivity (Wildman–Crippen MR) is 78.1 cm³/mol. The van der Waals surface area contributed by atoms with Crippen molar-refractivity contribution in [1.82, 2.24) is 9.97 Å². The third kappa shape index (κ3) is 3.59. The molecule has 1 aromatic carbocycles. The van der Waals surface area contributed by atoms with Gasteiger partial charge < -0.3 is 5.32 Å². The molecule has 1 heterocycles. The lowest BCUT2D eigenvalue weighted by Crippen LogP contribution is -2.06. The van der Waals surface area contributed by atoms with E-state index in [0.29, 0.717) is 11.4 Å². The fourth-order valence-electron chi connectivity index (χ4n) is 1.62. The maximum Gasteiger partial charge on any atom is 0.143 e. The fourth-order valence-corrected chi connectivity index (χ4v) is 2.07. The van der Waals surface area contributed by atoms with Gasteiger partial charge in [-0.15, -0.1) is 0 Å². The molecule has 2 rings (SSSR count). The van der Waals surface area contributed by atoms with Gasteiger partial charge in [-0.25, -0.2) is 18.7 Å². The Hall–Kier alpha value is -1.31. The molecule has 3 nitrogen and oxygen atoms in total. The van der Waals surface area contributed by atoms with Gasteiger partial charge >= 0.3 is 0 Å². The summed E-state index contributed by atoms with van der Waals surface area (Å²) in [4.78, 5) is 8.49. The number of hydrogen-bond donors (Lipinski definition) is 1. The molecule has 2 aromatic rings. The lowest BCUT2D eigenvalue weighted by atomic mass is 10.1. The van der Waals surface area contributed by atoms with Gasteiger partial charge in [0.05, 0.1) is 3.57 Å². The van der Waals surface area contributed by atoms with Crippen LogP contribution in [-0.4, -0.2) is 16.5 Å². The summed E-state index contributed by atoms with van der Waals surface area (Å²) in [6.07, 6.45) is 1.92. The van der Waals surface area contributed by atoms with Crippen molar-refractivity contribution in [1.29, 1.82) is 0 Å². The number of nitrogens with zero attached hydrogens (tertiary/aromatic N) is 2. The summed E-state index contributed by atoms with van der Waals surface area (Å²) in [5.41, 5.74) is 0.380. The summed E-state index contributed by atoms with van der Waals surface area (Å²) in [7, 11) is 0. The Morgan fingerprint density at radius 2 is 2.11 bits per heavy atom. The summed E-state index contributed by atoms with van der Waals surface area (Å²) >= 11 is 2.13. The molecule has 0 bridgehead atoms. The van der Waals surface area contributed by atoms with E-state index in [1.807, 2.05) is 6.92 Å². The van der Waals surface area contributed by atoms with Crippen molar-refractivity contribution in [3.8, 4) is 0 Å². The van der Waals surface area contributed by atoms with Crippen molar-refractivity contribution < 1.29 is 8.78 Å². The molecular formula is C13H12F2IN3. The molecule has 0 radical (unpaired) electrons. The molecule has 19 heavy (non-hydrogen) atoms. The van der Waals surface area contributed by atoms with Crippen molar-refractivity contribution in [3.63, 3.8) is 0 Å². The first-order valence-corrected chi connectivity index (χ1v) is 6.87. The van der Waals surface area contributed by atoms with Crippen LogP contribution in [0.4, 0.5) is 14.6 Å². The topological polar surface area (TPSA) is 37.8 Å². The summed E-state index contributed by atoms with van der Waals surface area (Å²) < 4.78 is 27.3. The average Bonchev–Trinajstić information content (AvgIpc) is 2.37. The Morgan fingerprint density at radius 1 is 1.32 bits per heavy atom. The Labute approximate surface area is 123 Å². The zero-order valence-corrected chi connectivity index (χ0v) is 12.4. The van der Waals surface area contributed by atoms with Crippen LogP contribution in [0.3, 0.4) is 0 Å². The number of rotatable bonds is 4. The molecule has 0 spiro atoms. The SMILES string of the molecule is CCNc1nc(Cc2ccc(F)cc2F)ncc1I. The van der Waals surface area contributed by atoms with E-state index in [1.165, 1.54) is 12.1 Å². The average molecular weight is 375 g/mol. The smallest absolute Gasteiger partial charge is 0.143 e. The number of nitrogens with one attached hydrogen (secondary N) is 1. The lowest BCUT2D eigenvalue weighted by Gasteiger charge is -2.07. The Bertz CT molecular complexity index is 590. The largest absolute Gasteiger partial charge is 0.369 e. The van der Waals surface area contributed by atoms with Crippen LogP contribution in [0.5, 0.6) is 0 Å². The predicted octanol–water partition coefficient (Wildman–Crippen LogP) is 3.38. The Kier molecular flexibility index (Phi) is 4.62. The highest BCUT2D eigenvalue weighted by Gasteiger charge is 2.09. The van der Waals surface area contributed by atoms with E-state index < -0.39 is 11.6 Å². The fraction of sp³-hybridized carbons (Fsp3) is 0.231. The highest BCUT2D eigenvalue weighted by Crippen LogP contribution is 2.17. The number of benzene rings is 1. The van der Waals surface area contributed by atoms with Gasteiger partial charge in [-0.2, -0.15) is 0 Å². The molecule has 0 aliphatic carbocycles. The van der Waals surface area contributed by atoms with Gasteiger partial charge in [-0.3, -0.25) is 0 Å². The Balaban J connectivity index is 2.25. The van der Waals surface area contributed by atoms with E-state index in [4.69, 9.17) is 0 Å². The summed E-state index contributed by atoms with van der Waals surface area (Å²) in [5.74, 6) is 0.0720. The van der Waals surface area contributed by atoms with Gasteiger partial charge in [-0.1, -0.05) is 6.07 Å². The van der Waals surface area contributed by atoms with Crippen molar-refractivity contribution >= 4 is 28.4 Å². The van der Waals surface area contributed by atoms with E-state index in [-0.39, 0.29) is 6.42 Å². The molecule has 0 amide bonds. The molecule has 0 saturated heterocycles. The van der Waals surface area contributed by atoms with Gasteiger partial charge in [0.2, 0.25) is 0 Å². The van der Waals surface area contributed by atoms with E-state index in [1.54, 1.807) is 6.20 Å². The quantitative estimate of drug-likeness (QED) is 0.833. The third-order valence-corrected chi connectivity index (χ3v) is 3.29. The van der Waals surface area contributed by atoms with Crippen molar-refractivity contribution in [3.05, 3.63) is 51.0 Å². The maximum absolute atomic E-state index is 13.6. The van der Waals surface area contributed by atoms with Crippen LogP contribution in [-0.2, 0) is 6.42 Å². The van der Waals surface area contributed by atoms with Crippen molar-refractivity contribution in [2.24, 2.45) is 0 Å². The minimum atomic E-state index is -0.585. The lowest BCUT2D eigenvalue weighted by molar-refractivity contribution is 0.573. The van der Waals surface area contributed by atoms with Crippen LogP contribution in [0.15, 0.2) is 24.4 Å². The minimum Gasteiger partial charge on any atom is -0.369 e. The second-order valence-electron chi connectivity index (χ2n) is 3.93. The third-order valence-electron chi connectivity index (χ3n) is 2.50. The van der Waals surface area contributed by atoms with E-state index in [9.17, 15) is 8.78 Å². The monoisotopic (exact) mass is 375 g/mol. The van der Waals surface area contributed by atoms with Gasteiger partial charge in [0.25, 0.3) is 0 Å². The van der Waals surface area contributed by atoms with Crippen molar-refractivity contribution in [2.45, 2.75) is 13.3 Å². The van der Waals surface area contributed by atoms with Crippen LogP contribution in [0, 0.1) is 15.2 Å². The van der Waals surface area contributed by atoms with Crippen LogP contribution in [0.25, 0.3) is 0 Å². The number of aromatic nitrogens is 2. The normalized spacial score (nSPS) is 10.5. The number of halogens is 3. The van der Waals surface area contributed by atoms with Crippen LogP contribution >= 0.6 is 22.6 Å². The first kappa shape index (κ1) is 14.1. The van der Waals surface area contributed by atoms with E-state index >= 15 is 0 Å². The standard InChI is InChI=1S/C13H12F2IN3/c1-2-17-13-11(16)7-18-12(19-13)5-8-3-4-9(14)6-10(8)15/h3-4,6-7H,2,5H2,1H3,(H,17,18,19). The first-order chi connectivity index (χ1) is 9.10. The second kappa shape index (κ2) is 6.23. The highest BCUT2D eigenvalue weighted by molar-refractivity contribution is 14.1. The van der Waals surface area contributed by atoms with Gasteiger partial charge in [0.1, 0.15) is 23.3 Å².